The molecule has 5 heterocycles. The summed E-state index contributed by atoms with van der Waals surface area (Å²) in [6.07, 6.45) is 4.34. The standard InChI is InChI=1S/C23H32N2O5S.CH2O2/c1-27-12-13-28-11-9-25-7-4-18(5-8-25)21(17-25)30-23(26)24-16-22-19(6-14-31-22)15-20-3-2-10-29-20;2-1-3/h2-3,6,10,14,18,21H,4-5,7-9,11-13,15-17H2,1H3;1H,(H,2,3)/t18?,21-,25?;/m0./s1. The summed E-state index contributed by atoms with van der Waals surface area (Å²) in [7, 11) is 1.69. The minimum absolute atomic E-state index is 0.00704. The number of carboxylic acid groups (broad SMARTS) is 1. The normalized spacial score (nSPS) is 23.1. The van der Waals surface area contributed by atoms with Gasteiger partial charge in [-0.25, -0.2) is 4.79 Å². The number of furan rings is 1. The molecule has 0 unspecified atom stereocenters. The maximum atomic E-state index is 12.6. The summed E-state index contributed by atoms with van der Waals surface area (Å²) >= 11 is 1.65. The van der Waals surface area contributed by atoms with E-state index in [1.54, 1.807) is 24.7 Å². The fraction of sp³-hybridized carbons (Fsp3) is 0.583. The van der Waals surface area contributed by atoms with Crippen LogP contribution in [0.3, 0.4) is 0 Å². The maximum absolute atomic E-state index is 12.6. The number of fused-ring (bicyclic) bond motifs is 3. The third-order valence-electron chi connectivity index (χ3n) is 6.62. The fourth-order valence-electron chi connectivity index (χ4n) is 4.78. The molecule has 3 saturated heterocycles. The Balaban J connectivity index is 0.00000103. The zero-order valence-electron chi connectivity index (χ0n) is 19.6. The molecule has 34 heavy (non-hydrogen) atoms. The van der Waals surface area contributed by atoms with E-state index < -0.39 is 6.47 Å². The van der Waals surface area contributed by atoms with Gasteiger partial charge in [-0.3, -0.25) is 0 Å². The van der Waals surface area contributed by atoms with Crippen molar-refractivity contribution in [2.45, 2.75) is 31.9 Å². The highest BCUT2D eigenvalue weighted by molar-refractivity contribution is 7.10. The number of hydrogen-bond acceptors (Lipinski definition) is 8. The van der Waals surface area contributed by atoms with Crippen molar-refractivity contribution >= 4 is 23.9 Å². The molecule has 2 bridgehead atoms. The van der Waals surface area contributed by atoms with Gasteiger partial charge in [0.05, 0.1) is 45.7 Å². The van der Waals surface area contributed by atoms with Crippen LogP contribution < -0.4 is 10.4 Å². The first kappa shape index (κ1) is 26.2. The van der Waals surface area contributed by atoms with Gasteiger partial charge in [-0.1, -0.05) is 0 Å². The number of hydrogen-bond donors (Lipinski definition) is 1. The minimum atomic E-state index is -0.500. The summed E-state index contributed by atoms with van der Waals surface area (Å²) in [5.41, 5.74) is 1.18. The second kappa shape index (κ2) is 13.5. The number of piperidine rings is 3. The van der Waals surface area contributed by atoms with E-state index in [-0.39, 0.29) is 12.2 Å². The van der Waals surface area contributed by atoms with Crippen molar-refractivity contribution in [3.8, 4) is 0 Å². The second-order valence-electron chi connectivity index (χ2n) is 8.66. The van der Waals surface area contributed by atoms with Gasteiger partial charge < -0.3 is 38.3 Å². The molecule has 2 aromatic heterocycles. The molecule has 3 fully saturated rings. The Labute approximate surface area is 204 Å². The zero-order chi connectivity index (χ0) is 24.2. The van der Waals surface area contributed by atoms with Crippen LogP contribution in [-0.4, -0.2) is 76.3 Å². The van der Waals surface area contributed by atoms with Crippen LogP contribution in [0, 0.1) is 5.92 Å². The van der Waals surface area contributed by atoms with E-state index in [0.29, 0.717) is 25.7 Å². The summed E-state index contributed by atoms with van der Waals surface area (Å²) < 4.78 is 23.1. The molecule has 3 aliphatic rings. The van der Waals surface area contributed by atoms with Crippen LogP contribution in [0.5, 0.6) is 0 Å². The maximum Gasteiger partial charge on any atom is 0.407 e. The number of carbonyl (C=O) groups is 2. The second-order valence-corrected chi connectivity index (χ2v) is 9.66. The molecule has 10 heteroatoms. The largest absolute Gasteiger partial charge is 0.554 e. The van der Waals surface area contributed by atoms with Gasteiger partial charge in [-0.05, 0) is 29.1 Å². The third-order valence-corrected chi connectivity index (χ3v) is 7.58. The number of ether oxygens (including phenoxy) is 3. The lowest BCUT2D eigenvalue weighted by atomic mass is 9.83. The van der Waals surface area contributed by atoms with Gasteiger partial charge >= 0.3 is 6.09 Å². The van der Waals surface area contributed by atoms with Crippen LogP contribution in [0.4, 0.5) is 4.79 Å². The third kappa shape index (κ3) is 7.56. The van der Waals surface area contributed by atoms with Crippen LogP contribution in [0.2, 0.25) is 0 Å². The predicted molar refractivity (Wildman–Crippen MR) is 124 cm³/mol. The summed E-state index contributed by atoms with van der Waals surface area (Å²) in [4.78, 5) is 21.9. The molecule has 2 aromatic rings. The molecule has 0 aliphatic carbocycles. The Morgan fingerprint density at radius 2 is 2.09 bits per heavy atom. The van der Waals surface area contributed by atoms with Gasteiger partial charge in [-0.15, -0.1) is 11.3 Å². The molecule has 0 spiro atoms. The lowest BCUT2D eigenvalue weighted by molar-refractivity contribution is -0.946. The van der Waals surface area contributed by atoms with E-state index in [1.165, 1.54) is 5.56 Å². The molecule has 0 saturated carbocycles. The highest BCUT2D eigenvalue weighted by Gasteiger charge is 2.47. The van der Waals surface area contributed by atoms with Crippen LogP contribution in [-0.2, 0) is 32.0 Å². The van der Waals surface area contributed by atoms with Crippen molar-refractivity contribution in [1.82, 2.24) is 5.32 Å². The van der Waals surface area contributed by atoms with Crippen molar-refractivity contribution < 1.29 is 37.8 Å². The number of amides is 1. The number of carbonyl (C=O) groups excluding carboxylic acids is 2. The number of rotatable bonds is 11. The minimum Gasteiger partial charge on any atom is -0.554 e. The number of methoxy groups -OCH3 is 1. The van der Waals surface area contributed by atoms with Crippen molar-refractivity contribution in [3.63, 3.8) is 0 Å². The Bertz CT molecular complexity index is 863. The highest BCUT2D eigenvalue weighted by atomic mass is 32.1. The van der Waals surface area contributed by atoms with Gasteiger partial charge in [0.2, 0.25) is 0 Å². The SMILES string of the molecule is COCCOCC[N+]12CCC(CC1)[C@@H](OC(=O)NCc1sccc1Cc1ccco1)C2.O=C[O-]. The molecule has 1 N–H and O–H groups in total. The number of nitrogens with one attached hydrogen (secondary N) is 1. The highest BCUT2D eigenvalue weighted by Crippen LogP contribution is 2.35. The van der Waals surface area contributed by atoms with Crippen LogP contribution in [0.25, 0.3) is 0 Å². The van der Waals surface area contributed by atoms with E-state index in [0.717, 1.165) is 67.2 Å². The van der Waals surface area contributed by atoms with E-state index in [1.807, 2.05) is 12.1 Å². The molecule has 0 radical (unpaired) electrons. The Morgan fingerprint density at radius 1 is 1.29 bits per heavy atom. The smallest absolute Gasteiger partial charge is 0.407 e. The summed E-state index contributed by atoms with van der Waals surface area (Å²) in [5.74, 6) is 1.41. The molecule has 3 aliphatic heterocycles. The van der Waals surface area contributed by atoms with E-state index in [4.69, 9.17) is 28.5 Å². The molecular weight excluding hydrogens is 460 g/mol. The fourth-order valence-corrected chi connectivity index (χ4v) is 5.63. The van der Waals surface area contributed by atoms with E-state index >= 15 is 0 Å². The first-order valence-electron chi connectivity index (χ1n) is 11.6. The Kier molecular flexibility index (Phi) is 10.4. The topological polar surface area (TPSA) is 110 Å². The van der Waals surface area contributed by atoms with Crippen LogP contribution in [0.1, 0.15) is 29.0 Å². The number of nitrogens with zero attached hydrogens (tertiary/aromatic N) is 1. The van der Waals surface area contributed by atoms with Crippen molar-refractivity contribution in [3.05, 3.63) is 46.0 Å². The first-order valence-corrected chi connectivity index (χ1v) is 12.5. The molecule has 0 aromatic carbocycles. The molecule has 1 atom stereocenters. The van der Waals surface area contributed by atoms with Crippen molar-refractivity contribution in [2.75, 3.05) is 53.1 Å². The van der Waals surface area contributed by atoms with Gasteiger partial charge in [0, 0.05) is 43.6 Å². The molecule has 188 valence electrons. The quantitative estimate of drug-likeness (QED) is 0.288. The van der Waals surface area contributed by atoms with E-state index in [9.17, 15) is 4.79 Å². The molecule has 5 rings (SSSR count). The molecule has 1 amide bonds. The van der Waals surface area contributed by atoms with Gasteiger partial charge in [-0.2, -0.15) is 0 Å². The lowest BCUT2D eigenvalue weighted by Gasteiger charge is -2.51. The van der Waals surface area contributed by atoms with Crippen molar-refractivity contribution in [1.29, 1.82) is 0 Å². The number of alkyl carbamates (subject to hydrolysis) is 1. The van der Waals surface area contributed by atoms with Crippen molar-refractivity contribution in [2.24, 2.45) is 5.92 Å². The summed E-state index contributed by atoms with van der Waals surface area (Å²) in [5, 5.41) is 13.3. The first-order chi connectivity index (χ1) is 16.6. The predicted octanol–water partition coefficient (Wildman–Crippen LogP) is 1.80. The average molecular weight is 495 g/mol. The summed E-state index contributed by atoms with van der Waals surface area (Å²) in [6.45, 7) is 6.16. The number of thiophene rings is 1. The molecule has 9 nitrogen and oxygen atoms in total. The monoisotopic (exact) mass is 494 g/mol. The average Bonchev–Trinajstić information content (AvgIpc) is 3.51. The van der Waals surface area contributed by atoms with Gasteiger partial charge in [0.1, 0.15) is 18.8 Å². The molecular formula is C24H34N2O7S. The number of quaternary nitrogens is 1. The Hall–Kier alpha value is -2.40. The van der Waals surface area contributed by atoms with Crippen LogP contribution in [0.15, 0.2) is 34.3 Å². The Morgan fingerprint density at radius 3 is 2.79 bits per heavy atom. The van der Waals surface area contributed by atoms with Gasteiger partial charge in [0.25, 0.3) is 0 Å². The van der Waals surface area contributed by atoms with Crippen LogP contribution >= 0.6 is 11.3 Å². The van der Waals surface area contributed by atoms with Gasteiger partial charge in [0.15, 0.2) is 6.10 Å². The zero-order valence-corrected chi connectivity index (χ0v) is 20.4. The summed E-state index contributed by atoms with van der Waals surface area (Å²) in [6, 6.07) is 5.95. The van der Waals surface area contributed by atoms with E-state index in [2.05, 4.69) is 16.8 Å². The lowest BCUT2D eigenvalue weighted by Crippen LogP contribution is -2.65.